The summed E-state index contributed by atoms with van der Waals surface area (Å²) in [5.41, 5.74) is 1.47. The SMILES string of the molecule is COc1cc(NC(=O)C2CC(c3cccc(F)c3)=NO2)c(OC)cc1Cl. The van der Waals surface area contributed by atoms with E-state index in [1.54, 1.807) is 24.3 Å². The molecule has 2 aromatic rings. The summed E-state index contributed by atoms with van der Waals surface area (Å²) in [7, 11) is 2.93. The predicted octanol–water partition coefficient (Wildman–Crippen LogP) is 3.63. The number of hydrogen-bond donors (Lipinski definition) is 1. The Morgan fingerprint density at radius 3 is 2.73 bits per heavy atom. The first-order valence-electron chi connectivity index (χ1n) is 7.73. The summed E-state index contributed by atoms with van der Waals surface area (Å²) in [6.45, 7) is 0. The average molecular weight is 379 g/mol. The standard InChI is InChI=1S/C18H16ClFN2O4/c1-24-15-9-14(16(25-2)7-12(15)19)21-18(23)17-8-13(22-26-17)10-4-3-5-11(20)6-10/h3-7,9,17H,8H2,1-2H3,(H,21,23). The van der Waals surface area contributed by atoms with Crippen LogP contribution in [0.1, 0.15) is 12.0 Å². The zero-order valence-corrected chi connectivity index (χ0v) is 14.8. The summed E-state index contributed by atoms with van der Waals surface area (Å²) in [5.74, 6) is -0.0147. The summed E-state index contributed by atoms with van der Waals surface area (Å²) in [5, 5.41) is 6.97. The second-order valence-corrected chi connectivity index (χ2v) is 5.93. The molecule has 26 heavy (non-hydrogen) atoms. The molecule has 0 fully saturated rings. The molecule has 0 bridgehead atoms. The molecule has 0 saturated carbocycles. The van der Waals surface area contributed by atoms with Gasteiger partial charge in [-0.25, -0.2) is 4.39 Å². The van der Waals surface area contributed by atoms with Gasteiger partial charge in [-0.15, -0.1) is 0 Å². The second kappa shape index (κ2) is 7.61. The summed E-state index contributed by atoms with van der Waals surface area (Å²) < 4.78 is 23.7. The number of halogens is 2. The van der Waals surface area contributed by atoms with E-state index >= 15 is 0 Å². The number of methoxy groups -OCH3 is 2. The highest BCUT2D eigenvalue weighted by Gasteiger charge is 2.30. The number of nitrogens with one attached hydrogen (secondary N) is 1. The van der Waals surface area contributed by atoms with Crippen molar-refractivity contribution in [1.82, 2.24) is 0 Å². The molecule has 1 unspecified atom stereocenters. The van der Waals surface area contributed by atoms with Crippen LogP contribution in [0.15, 0.2) is 41.6 Å². The molecule has 0 radical (unpaired) electrons. The summed E-state index contributed by atoms with van der Waals surface area (Å²) in [6.07, 6.45) is -0.609. The lowest BCUT2D eigenvalue weighted by atomic mass is 10.0. The molecule has 6 nitrogen and oxygen atoms in total. The fraction of sp³-hybridized carbons (Fsp3) is 0.222. The van der Waals surface area contributed by atoms with E-state index in [1.807, 2.05) is 0 Å². The van der Waals surface area contributed by atoms with Crippen molar-refractivity contribution in [2.24, 2.45) is 5.16 Å². The molecule has 0 spiro atoms. The van der Waals surface area contributed by atoms with Gasteiger partial charge in [-0.3, -0.25) is 4.79 Å². The first kappa shape index (κ1) is 18.0. The van der Waals surface area contributed by atoms with E-state index < -0.39 is 12.0 Å². The maximum absolute atomic E-state index is 13.3. The number of oxime groups is 1. The third-order valence-corrected chi connectivity index (χ3v) is 4.15. The Morgan fingerprint density at radius 1 is 1.27 bits per heavy atom. The lowest BCUT2D eigenvalue weighted by Crippen LogP contribution is -2.28. The Bertz CT molecular complexity index is 872. The monoisotopic (exact) mass is 378 g/mol. The largest absolute Gasteiger partial charge is 0.495 e. The number of nitrogens with zero attached hydrogens (tertiary/aromatic N) is 1. The number of hydrogen-bond acceptors (Lipinski definition) is 5. The van der Waals surface area contributed by atoms with Gasteiger partial charge in [-0.05, 0) is 12.1 Å². The van der Waals surface area contributed by atoms with Gasteiger partial charge in [0.05, 0.1) is 30.6 Å². The zero-order valence-electron chi connectivity index (χ0n) is 14.1. The molecule has 8 heteroatoms. The fourth-order valence-electron chi connectivity index (χ4n) is 2.53. The average Bonchev–Trinajstić information content (AvgIpc) is 3.13. The number of anilines is 1. The third-order valence-electron chi connectivity index (χ3n) is 3.85. The minimum Gasteiger partial charge on any atom is -0.495 e. The summed E-state index contributed by atoms with van der Waals surface area (Å²) in [6, 6.07) is 9.06. The lowest BCUT2D eigenvalue weighted by Gasteiger charge is -2.14. The molecule has 0 saturated heterocycles. The van der Waals surface area contributed by atoms with Gasteiger partial charge in [-0.2, -0.15) is 0 Å². The van der Waals surface area contributed by atoms with E-state index in [1.165, 1.54) is 26.4 Å². The van der Waals surface area contributed by atoms with Gasteiger partial charge in [0.15, 0.2) is 0 Å². The van der Waals surface area contributed by atoms with Crippen LogP contribution >= 0.6 is 11.6 Å². The molecule has 0 aliphatic carbocycles. The molecule has 1 N–H and O–H groups in total. The van der Waals surface area contributed by atoms with Crippen LogP contribution in [0.3, 0.4) is 0 Å². The van der Waals surface area contributed by atoms with Crippen LogP contribution in [0, 0.1) is 5.82 Å². The van der Waals surface area contributed by atoms with Crippen LogP contribution in [0.25, 0.3) is 0 Å². The molecule has 1 amide bonds. The molecule has 1 atom stereocenters. The first-order valence-corrected chi connectivity index (χ1v) is 8.10. The van der Waals surface area contributed by atoms with Gasteiger partial charge >= 0.3 is 0 Å². The van der Waals surface area contributed by atoms with Gasteiger partial charge in [0.2, 0.25) is 6.10 Å². The van der Waals surface area contributed by atoms with Gasteiger partial charge < -0.3 is 19.6 Å². The van der Waals surface area contributed by atoms with E-state index in [-0.39, 0.29) is 12.2 Å². The number of rotatable bonds is 5. The second-order valence-electron chi connectivity index (χ2n) is 5.52. The van der Waals surface area contributed by atoms with Crippen LogP contribution in [0.5, 0.6) is 11.5 Å². The lowest BCUT2D eigenvalue weighted by molar-refractivity contribution is -0.125. The Kier molecular flexibility index (Phi) is 5.27. The molecule has 136 valence electrons. The Hall–Kier alpha value is -2.80. The summed E-state index contributed by atoms with van der Waals surface area (Å²) >= 11 is 6.05. The smallest absolute Gasteiger partial charge is 0.268 e. The van der Waals surface area contributed by atoms with Gasteiger partial charge in [-0.1, -0.05) is 28.9 Å². The molecule has 1 heterocycles. The van der Waals surface area contributed by atoms with E-state index in [4.69, 9.17) is 25.9 Å². The van der Waals surface area contributed by atoms with Crippen molar-refractivity contribution < 1.29 is 23.5 Å². The minimum absolute atomic E-state index is 0.225. The summed E-state index contributed by atoms with van der Waals surface area (Å²) in [4.78, 5) is 17.7. The molecule has 2 aromatic carbocycles. The predicted molar refractivity (Wildman–Crippen MR) is 95.6 cm³/mol. The maximum atomic E-state index is 13.3. The van der Waals surface area contributed by atoms with E-state index in [2.05, 4.69) is 10.5 Å². The van der Waals surface area contributed by atoms with Gasteiger partial charge in [0.25, 0.3) is 5.91 Å². The number of benzene rings is 2. The van der Waals surface area contributed by atoms with Crippen LogP contribution in [0.4, 0.5) is 10.1 Å². The molecule has 1 aliphatic rings. The number of amides is 1. The van der Waals surface area contributed by atoms with E-state index in [0.717, 1.165) is 0 Å². The topological polar surface area (TPSA) is 69.2 Å². The van der Waals surface area contributed by atoms with Crippen LogP contribution < -0.4 is 14.8 Å². The van der Waals surface area contributed by atoms with Crippen LogP contribution in [-0.2, 0) is 9.63 Å². The maximum Gasteiger partial charge on any atom is 0.268 e. The molecule has 1 aliphatic heterocycles. The highest BCUT2D eigenvalue weighted by atomic mass is 35.5. The quantitative estimate of drug-likeness (QED) is 0.862. The Balaban J connectivity index is 1.72. The van der Waals surface area contributed by atoms with Crippen molar-refractivity contribution in [3.05, 3.63) is 52.8 Å². The minimum atomic E-state index is -0.834. The van der Waals surface area contributed by atoms with Gasteiger partial charge in [0.1, 0.15) is 17.3 Å². The Morgan fingerprint density at radius 2 is 2.04 bits per heavy atom. The molecule has 3 rings (SSSR count). The van der Waals surface area contributed by atoms with Crippen molar-refractivity contribution in [3.8, 4) is 11.5 Å². The number of carbonyl (C=O) groups is 1. The van der Waals surface area contributed by atoms with Crippen molar-refractivity contribution >= 4 is 28.9 Å². The normalized spacial score (nSPS) is 15.8. The van der Waals surface area contributed by atoms with Crippen molar-refractivity contribution in [1.29, 1.82) is 0 Å². The highest BCUT2D eigenvalue weighted by Crippen LogP contribution is 2.36. The van der Waals surface area contributed by atoms with Crippen molar-refractivity contribution in [2.75, 3.05) is 19.5 Å². The zero-order chi connectivity index (χ0) is 18.7. The number of ether oxygens (including phenoxy) is 2. The van der Waals surface area contributed by atoms with Crippen LogP contribution in [0.2, 0.25) is 5.02 Å². The van der Waals surface area contributed by atoms with Crippen molar-refractivity contribution in [3.63, 3.8) is 0 Å². The Labute approximate surface area is 154 Å². The van der Waals surface area contributed by atoms with Crippen molar-refractivity contribution in [2.45, 2.75) is 12.5 Å². The molecular formula is C18H16ClFN2O4. The fourth-order valence-corrected chi connectivity index (χ4v) is 2.76. The number of carbonyl (C=O) groups excluding carboxylic acids is 1. The molecular weight excluding hydrogens is 363 g/mol. The van der Waals surface area contributed by atoms with E-state index in [0.29, 0.717) is 33.5 Å². The first-order chi connectivity index (χ1) is 12.5. The highest BCUT2D eigenvalue weighted by molar-refractivity contribution is 6.32. The van der Waals surface area contributed by atoms with E-state index in [9.17, 15) is 9.18 Å². The molecule has 0 aromatic heterocycles. The van der Waals surface area contributed by atoms with Gasteiger partial charge in [0, 0.05) is 24.1 Å². The van der Waals surface area contributed by atoms with Crippen LogP contribution in [-0.4, -0.2) is 31.9 Å². The third kappa shape index (κ3) is 3.72.